The fraction of sp³-hybridized carbons (Fsp3) is 0.0909. The Hall–Kier alpha value is -2.50. The molecule has 2 N–H and O–H groups in total. The average molecular weight is 230 g/mol. The van der Waals surface area contributed by atoms with Gasteiger partial charge in [0.05, 0.1) is 6.42 Å². The van der Waals surface area contributed by atoms with E-state index in [1.807, 2.05) is 24.3 Å². The van der Waals surface area contributed by atoms with Gasteiger partial charge in [-0.25, -0.2) is 0 Å². The van der Waals surface area contributed by atoms with Gasteiger partial charge < -0.3 is 5.11 Å². The number of hydrogen-bond donors (Lipinski definition) is 2. The lowest BCUT2D eigenvalue weighted by molar-refractivity contribution is -0.135. The van der Waals surface area contributed by atoms with Gasteiger partial charge in [-0.1, -0.05) is 36.4 Å². The molecule has 0 saturated carbocycles. The summed E-state index contributed by atoms with van der Waals surface area (Å²) in [6.07, 6.45) is 3.38. The molecule has 0 radical (unpaired) electrons. The Bertz CT molecular complexity index is 517. The zero-order valence-corrected chi connectivity index (χ0v) is 8.87. The number of H-pyrrole nitrogens is 1. The van der Waals surface area contributed by atoms with Gasteiger partial charge in [-0.15, -0.1) is 10.2 Å². The molecule has 0 bridgehead atoms. The zero-order valence-electron chi connectivity index (χ0n) is 8.87. The third-order valence-corrected chi connectivity index (χ3v) is 2.12. The second-order valence-corrected chi connectivity index (χ2v) is 3.36. The van der Waals surface area contributed by atoms with Gasteiger partial charge in [0.1, 0.15) is 0 Å². The van der Waals surface area contributed by atoms with Crippen LogP contribution in [0.4, 0.5) is 0 Å². The number of rotatable bonds is 4. The van der Waals surface area contributed by atoms with E-state index in [9.17, 15) is 4.79 Å². The Labute approximate surface area is 97.0 Å². The van der Waals surface area contributed by atoms with E-state index >= 15 is 0 Å². The number of nitrogens with one attached hydrogen (secondary N) is 1. The molecule has 0 aliphatic rings. The number of benzene rings is 1. The Balaban J connectivity index is 2.08. The molecule has 6 heteroatoms. The van der Waals surface area contributed by atoms with Crippen molar-refractivity contribution >= 4 is 12.0 Å². The highest BCUT2D eigenvalue weighted by Crippen LogP contribution is 2.14. The SMILES string of the molecule is O=C(O)CC=Cc1ccc(-c2nn[nH]n2)cc1. The van der Waals surface area contributed by atoms with Gasteiger partial charge in [-0.3, -0.25) is 4.79 Å². The maximum absolute atomic E-state index is 10.3. The van der Waals surface area contributed by atoms with Crippen molar-refractivity contribution in [3.05, 3.63) is 35.9 Å². The van der Waals surface area contributed by atoms with Crippen molar-refractivity contribution in [3.8, 4) is 11.4 Å². The highest BCUT2D eigenvalue weighted by atomic mass is 16.4. The van der Waals surface area contributed by atoms with Crippen molar-refractivity contribution in [2.45, 2.75) is 6.42 Å². The first-order chi connectivity index (χ1) is 8.25. The lowest BCUT2D eigenvalue weighted by Crippen LogP contribution is -1.89. The summed E-state index contributed by atoms with van der Waals surface area (Å²) in [6, 6.07) is 7.44. The van der Waals surface area contributed by atoms with Crippen LogP contribution in [0.25, 0.3) is 17.5 Å². The summed E-state index contributed by atoms with van der Waals surface area (Å²) >= 11 is 0. The minimum Gasteiger partial charge on any atom is -0.481 e. The normalized spacial score (nSPS) is 10.8. The molecule has 2 rings (SSSR count). The highest BCUT2D eigenvalue weighted by Gasteiger charge is 2.01. The van der Waals surface area contributed by atoms with Gasteiger partial charge >= 0.3 is 5.97 Å². The molecule has 0 spiro atoms. The summed E-state index contributed by atoms with van der Waals surface area (Å²) in [6.45, 7) is 0. The maximum atomic E-state index is 10.3. The third-order valence-electron chi connectivity index (χ3n) is 2.12. The van der Waals surface area contributed by atoms with Crippen molar-refractivity contribution in [1.82, 2.24) is 20.6 Å². The topological polar surface area (TPSA) is 91.8 Å². The summed E-state index contributed by atoms with van der Waals surface area (Å²) < 4.78 is 0. The fourth-order valence-corrected chi connectivity index (χ4v) is 1.32. The number of aliphatic carboxylic acids is 1. The lowest BCUT2D eigenvalue weighted by atomic mass is 10.1. The Morgan fingerprint density at radius 2 is 2.12 bits per heavy atom. The van der Waals surface area contributed by atoms with Crippen LogP contribution in [0.1, 0.15) is 12.0 Å². The molecule has 6 nitrogen and oxygen atoms in total. The second-order valence-electron chi connectivity index (χ2n) is 3.36. The Morgan fingerprint density at radius 1 is 1.35 bits per heavy atom. The number of carboxylic acid groups (broad SMARTS) is 1. The van der Waals surface area contributed by atoms with Gasteiger partial charge in [0.2, 0.25) is 5.82 Å². The molecule has 0 unspecified atom stereocenters. The summed E-state index contributed by atoms with van der Waals surface area (Å²) in [4.78, 5) is 10.3. The molecule has 2 aromatic rings. The van der Waals surface area contributed by atoms with Crippen LogP contribution >= 0.6 is 0 Å². The summed E-state index contributed by atoms with van der Waals surface area (Å²) in [5.74, 6) is -0.310. The van der Waals surface area contributed by atoms with E-state index in [4.69, 9.17) is 5.11 Å². The number of aromatic amines is 1. The fourth-order valence-electron chi connectivity index (χ4n) is 1.32. The van der Waals surface area contributed by atoms with E-state index in [1.165, 1.54) is 0 Å². The van der Waals surface area contributed by atoms with E-state index in [-0.39, 0.29) is 6.42 Å². The van der Waals surface area contributed by atoms with Crippen LogP contribution < -0.4 is 0 Å². The smallest absolute Gasteiger partial charge is 0.307 e. The average Bonchev–Trinajstić information content (AvgIpc) is 2.83. The van der Waals surface area contributed by atoms with Gasteiger partial charge in [0, 0.05) is 5.56 Å². The third kappa shape index (κ3) is 2.97. The largest absolute Gasteiger partial charge is 0.481 e. The number of nitrogens with zero attached hydrogens (tertiary/aromatic N) is 3. The molecular weight excluding hydrogens is 220 g/mol. The monoisotopic (exact) mass is 230 g/mol. The summed E-state index contributed by atoms with van der Waals surface area (Å²) in [5.41, 5.74) is 1.78. The number of carboxylic acids is 1. The second kappa shape index (κ2) is 5.02. The summed E-state index contributed by atoms with van der Waals surface area (Å²) in [5, 5.41) is 22.1. The molecule has 86 valence electrons. The first kappa shape index (κ1) is 11.0. The van der Waals surface area contributed by atoms with Crippen LogP contribution in [0.15, 0.2) is 30.3 Å². The van der Waals surface area contributed by atoms with Crippen molar-refractivity contribution in [3.63, 3.8) is 0 Å². The Morgan fingerprint density at radius 3 is 2.71 bits per heavy atom. The minimum absolute atomic E-state index is 0.0204. The van der Waals surface area contributed by atoms with E-state index in [2.05, 4.69) is 20.6 Å². The zero-order chi connectivity index (χ0) is 12.1. The summed E-state index contributed by atoms with van der Waals surface area (Å²) in [7, 11) is 0. The molecule has 0 aliphatic carbocycles. The van der Waals surface area contributed by atoms with Crippen LogP contribution in [0.2, 0.25) is 0 Å². The molecule has 0 aliphatic heterocycles. The number of tetrazole rings is 1. The lowest BCUT2D eigenvalue weighted by Gasteiger charge is -1.95. The van der Waals surface area contributed by atoms with Gasteiger partial charge in [0.15, 0.2) is 0 Å². The first-order valence-corrected chi connectivity index (χ1v) is 4.98. The van der Waals surface area contributed by atoms with Crippen LogP contribution in [-0.4, -0.2) is 31.7 Å². The first-order valence-electron chi connectivity index (χ1n) is 4.98. The van der Waals surface area contributed by atoms with Crippen molar-refractivity contribution in [2.75, 3.05) is 0 Å². The number of carbonyl (C=O) groups is 1. The van der Waals surface area contributed by atoms with Gasteiger partial charge in [-0.05, 0) is 10.8 Å². The molecule has 0 amide bonds. The predicted octanol–water partition coefficient (Wildman–Crippen LogP) is 1.35. The molecule has 0 saturated heterocycles. The van der Waals surface area contributed by atoms with Gasteiger partial charge in [0.25, 0.3) is 0 Å². The standard InChI is InChI=1S/C11H10N4O2/c16-10(17)3-1-2-8-4-6-9(7-5-8)11-12-14-15-13-11/h1-2,4-7H,3H2,(H,16,17)(H,12,13,14,15). The van der Waals surface area contributed by atoms with Crippen LogP contribution in [0, 0.1) is 0 Å². The quantitative estimate of drug-likeness (QED) is 0.827. The van der Waals surface area contributed by atoms with E-state index < -0.39 is 5.97 Å². The molecule has 1 aromatic heterocycles. The highest BCUT2D eigenvalue weighted by molar-refractivity contribution is 5.70. The molecule has 17 heavy (non-hydrogen) atoms. The predicted molar refractivity (Wildman–Crippen MR) is 60.9 cm³/mol. The molecule has 1 heterocycles. The van der Waals surface area contributed by atoms with Crippen molar-refractivity contribution < 1.29 is 9.90 Å². The van der Waals surface area contributed by atoms with Crippen LogP contribution in [0.5, 0.6) is 0 Å². The van der Waals surface area contributed by atoms with E-state index in [1.54, 1.807) is 12.2 Å². The van der Waals surface area contributed by atoms with E-state index in [0.717, 1.165) is 11.1 Å². The minimum atomic E-state index is -0.843. The van der Waals surface area contributed by atoms with Crippen molar-refractivity contribution in [1.29, 1.82) is 0 Å². The van der Waals surface area contributed by atoms with E-state index in [0.29, 0.717) is 5.82 Å². The molecular formula is C11H10N4O2. The molecule has 0 atom stereocenters. The van der Waals surface area contributed by atoms with Crippen LogP contribution in [0.3, 0.4) is 0 Å². The maximum Gasteiger partial charge on any atom is 0.307 e. The molecule has 0 fully saturated rings. The Kier molecular flexibility index (Phi) is 3.25. The van der Waals surface area contributed by atoms with Crippen molar-refractivity contribution in [2.24, 2.45) is 0 Å². The number of aromatic nitrogens is 4. The van der Waals surface area contributed by atoms with Gasteiger partial charge in [-0.2, -0.15) is 5.21 Å². The number of hydrogen-bond acceptors (Lipinski definition) is 4. The molecule has 1 aromatic carbocycles. The van der Waals surface area contributed by atoms with Crippen LogP contribution in [-0.2, 0) is 4.79 Å².